The van der Waals surface area contributed by atoms with Crippen LogP contribution in [-0.2, 0) is 6.18 Å². The van der Waals surface area contributed by atoms with Crippen molar-refractivity contribution in [2.24, 2.45) is 0 Å². The molecule has 1 aromatic carbocycles. The first-order valence-corrected chi connectivity index (χ1v) is 7.41. The number of hydrogen-bond donors (Lipinski definition) is 1. The predicted octanol–water partition coefficient (Wildman–Crippen LogP) is 3.75. The maximum atomic E-state index is 12.8. The fourth-order valence-electron chi connectivity index (χ4n) is 2.64. The van der Waals surface area contributed by atoms with E-state index in [1.807, 2.05) is 0 Å². The van der Waals surface area contributed by atoms with Crippen LogP contribution >= 0.6 is 0 Å². The summed E-state index contributed by atoms with van der Waals surface area (Å²) in [6.07, 6.45) is 0.457. The maximum Gasteiger partial charge on any atom is 0.416 e. The number of hydrogen-bond acceptors (Lipinski definition) is 4. The summed E-state index contributed by atoms with van der Waals surface area (Å²) in [5, 5.41) is 3.26. The lowest BCUT2D eigenvalue weighted by Crippen LogP contribution is -2.27. The Hall–Kier alpha value is -2.15. The second kappa shape index (κ2) is 6.54. The fraction of sp³-hybridized carbons (Fsp3) is 0.375. The standard InChI is InChI=1S/C16H16F3N3O/c17-16(18,19)12-2-1-3-13(10-12)23-15-14(21-8-9-22-15)11-4-6-20-7-5-11/h1-3,8-11,20H,4-7H2. The Kier molecular flexibility index (Phi) is 4.47. The molecule has 1 aromatic heterocycles. The van der Waals surface area contributed by atoms with Gasteiger partial charge in [-0.3, -0.25) is 4.98 Å². The van der Waals surface area contributed by atoms with Crippen molar-refractivity contribution in [2.75, 3.05) is 13.1 Å². The molecule has 0 aliphatic carbocycles. The third-order valence-electron chi connectivity index (χ3n) is 3.79. The van der Waals surface area contributed by atoms with Crippen LogP contribution in [0.2, 0.25) is 0 Å². The van der Waals surface area contributed by atoms with Crippen LogP contribution in [0.5, 0.6) is 11.6 Å². The molecular formula is C16H16F3N3O. The lowest BCUT2D eigenvalue weighted by Gasteiger charge is -2.23. The molecule has 0 unspecified atom stereocenters. The van der Waals surface area contributed by atoms with Crippen molar-refractivity contribution in [3.8, 4) is 11.6 Å². The van der Waals surface area contributed by atoms with Crippen molar-refractivity contribution in [2.45, 2.75) is 24.9 Å². The van der Waals surface area contributed by atoms with Crippen LogP contribution in [0, 0.1) is 0 Å². The Balaban J connectivity index is 1.86. The first-order valence-electron chi connectivity index (χ1n) is 7.41. The minimum atomic E-state index is -4.40. The molecule has 2 heterocycles. The average molecular weight is 323 g/mol. The SMILES string of the molecule is FC(F)(F)c1cccc(Oc2nccnc2C2CCNCC2)c1. The molecule has 4 nitrogen and oxygen atoms in total. The number of aromatic nitrogens is 2. The van der Waals surface area contributed by atoms with E-state index in [1.54, 1.807) is 6.20 Å². The number of piperidine rings is 1. The first kappa shape index (κ1) is 15.7. The number of benzene rings is 1. The number of alkyl halides is 3. The van der Waals surface area contributed by atoms with Gasteiger partial charge in [0.15, 0.2) is 0 Å². The predicted molar refractivity (Wildman–Crippen MR) is 78.4 cm³/mol. The minimum Gasteiger partial charge on any atom is -0.437 e. The summed E-state index contributed by atoms with van der Waals surface area (Å²) >= 11 is 0. The molecule has 0 atom stereocenters. The normalized spacial score (nSPS) is 16.3. The van der Waals surface area contributed by atoms with E-state index in [1.165, 1.54) is 18.3 Å². The van der Waals surface area contributed by atoms with Gasteiger partial charge in [-0.25, -0.2) is 4.98 Å². The smallest absolute Gasteiger partial charge is 0.416 e. The molecule has 1 aliphatic rings. The Morgan fingerprint density at radius 2 is 1.83 bits per heavy atom. The second-order valence-electron chi connectivity index (χ2n) is 5.40. The molecule has 0 spiro atoms. The van der Waals surface area contributed by atoms with Gasteiger partial charge < -0.3 is 10.1 Å². The molecule has 2 aromatic rings. The highest BCUT2D eigenvalue weighted by Crippen LogP contribution is 2.35. The lowest BCUT2D eigenvalue weighted by molar-refractivity contribution is -0.137. The van der Waals surface area contributed by atoms with E-state index in [9.17, 15) is 13.2 Å². The van der Waals surface area contributed by atoms with Gasteiger partial charge >= 0.3 is 6.18 Å². The highest BCUT2D eigenvalue weighted by atomic mass is 19.4. The van der Waals surface area contributed by atoms with Gasteiger partial charge in [-0.15, -0.1) is 0 Å². The van der Waals surface area contributed by atoms with E-state index in [2.05, 4.69) is 15.3 Å². The van der Waals surface area contributed by atoms with Crippen LogP contribution in [0.4, 0.5) is 13.2 Å². The van der Waals surface area contributed by atoms with Gasteiger partial charge in [0.05, 0.1) is 5.56 Å². The van der Waals surface area contributed by atoms with Gasteiger partial charge in [0, 0.05) is 18.3 Å². The molecule has 0 saturated carbocycles. The van der Waals surface area contributed by atoms with E-state index in [4.69, 9.17) is 4.74 Å². The van der Waals surface area contributed by atoms with Gasteiger partial charge in [0.1, 0.15) is 11.4 Å². The summed E-state index contributed by atoms with van der Waals surface area (Å²) in [4.78, 5) is 8.49. The van der Waals surface area contributed by atoms with Crippen molar-refractivity contribution in [1.29, 1.82) is 0 Å². The topological polar surface area (TPSA) is 47.0 Å². The highest BCUT2D eigenvalue weighted by Gasteiger charge is 2.31. The van der Waals surface area contributed by atoms with Crippen molar-refractivity contribution in [3.05, 3.63) is 47.9 Å². The molecule has 1 saturated heterocycles. The van der Waals surface area contributed by atoms with E-state index >= 15 is 0 Å². The van der Waals surface area contributed by atoms with Crippen LogP contribution in [0.15, 0.2) is 36.7 Å². The van der Waals surface area contributed by atoms with Crippen molar-refractivity contribution >= 4 is 0 Å². The molecule has 1 fully saturated rings. The van der Waals surface area contributed by atoms with Crippen molar-refractivity contribution in [3.63, 3.8) is 0 Å². The van der Waals surface area contributed by atoms with Crippen LogP contribution in [-0.4, -0.2) is 23.1 Å². The van der Waals surface area contributed by atoms with Gasteiger partial charge in [-0.2, -0.15) is 13.2 Å². The third-order valence-corrected chi connectivity index (χ3v) is 3.79. The molecule has 1 aliphatic heterocycles. The number of nitrogens with zero attached hydrogens (tertiary/aromatic N) is 2. The van der Waals surface area contributed by atoms with Gasteiger partial charge in [0.25, 0.3) is 0 Å². The summed E-state index contributed by atoms with van der Waals surface area (Å²) in [5.41, 5.74) is -0.0475. The highest BCUT2D eigenvalue weighted by molar-refractivity contribution is 5.34. The van der Waals surface area contributed by atoms with Gasteiger partial charge in [-0.1, -0.05) is 6.07 Å². The zero-order chi connectivity index (χ0) is 16.3. The summed E-state index contributed by atoms with van der Waals surface area (Å²) in [6.45, 7) is 1.76. The second-order valence-corrected chi connectivity index (χ2v) is 5.40. The quantitative estimate of drug-likeness (QED) is 0.934. The molecular weight excluding hydrogens is 307 g/mol. The summed E-state index contributed by atoms with van der Waals surface area (Å²) in [6, 6.07) is 4.78. The summed E-state index contributed by atoms with van der Waals surface area (Å²) < 4.78 is 44.0. The molecule has 3 rings (SSSR count). The molecule has 1 N–H and O–H groups in total. The number of ether oxygens (including phenoxy) is 1. The zero-order valence-electron chi connectivity index (χ0n) is 12.3. The van der Waals surface area contributed by atoms with Crippen molar-refractivity contribution < 1.29 is 17.9 Å². The van der Waals surface area contributed by atoms with E-state index in [0.717, 1.165) is 38.1 Å². The fourth-order valence-corrected chi connectivity index (χ4v) is 2.64. The molecule has 0 amide bonds. The Morgan fingerprint density at radius 1 is 1.09 bits per heavy atom. The van der Waals surface area contributed by atoms with Crippen molar-refractivity contribution in [1.82, 2.24) is 15.3 Å². The zero-order valence-corrected chi connectivity index (χ0v) is 12.3. The minimum absolute atomic E-state index is 0.107. The monoisotopic (exact) mass is 323 g/mol. The van der Waals surface area contributed by atoms with E-state index < -0.39 is 11.7 Å². The largest absolute Gasteiger partial charge is 0.437 e. The van der Waals surface area contributed by atoms with Gasteiger partial charge in [-0.05, 0) is 44.1 Å². The van der Waals surface area contributed by atoms with E-state index in [-0.39, 0.29) is 17.5 Å². The Morgan fingerprint density at radius 3 is 2.57 bits per heavy atom. The van der Waals surface area contributed by atoms with E-state index in [0.29, 0.717) is 5.69 Å². The number of nitrogens with one attached hydrogen (secondary N) is 1. The lowest BCUT2D eigenvalue weighted by atomic mass is 9.94. The van der Waals surface area contributed by atoms with Gasteiger partial charge in [0.2, 0.25) is 5.88 Å². The Bertz CT molecular complexity index is 670. The van der Waals surface area contributed by atoms with Crippen LogP contribution in [0.25, 0.3) is 0 Å². The molecule has 23 heavy (non-hydrogen) atoms. The number of halogens is 3. The van der Waals surface area contributed by atoms with Crippen LogP contribution < -0.4 is 10.1 Å². The third kappa shape index (κ3) is 3.79. The molecule has 7 heteroatoms. The summed E-state index contributed by atoms with van der Waals surface area (Å²) in [7, 11) is 0. The number of rotatable bonds is 3. The maximum absolute atomic E-state index is 12.8. The molecule has 0 bridgehead atoms. The first-order chi connectivity index (χ1) is 11.0. The van der Waals surface area contributed by atoms with Crippen LogP contribution in [0.3, 0.4) is 0 Å². The van der Waals surface area contributed by atoms with Crippen LogP contribution in [0.1, 0.15) is 30.0 Å². The molecule has 0 radical (unpaired) electrons. The summed E-state index contributed by atoms with van der Waals surface area (Å²) in [5.74, 6) is 0.583. The average Bonchev–Trinajstić information content (AvgIpc) is 2.56. The molecule has 122 valence electrons. The Labute approximate surface area is 131 Å².